The summed E-state index contributed by atoms with van der Waals surface area (Å²) in [6.45, 7) is 2.41. The number of aromatic amines is 1. The molecule has 0 spiro atoms. The van der Waals surface area contributed by atoms with E-state index in [1.807, 2.05) is 6.92 Å². The number of aromatic nitrogens is 2. The summed E-state index contributed by atoms with van der Waals surface area (Å²) in [6.07, 6.45) is 1.63. The molecule has 9 heteroatoms. The Morgan fingerprint density at radius 1 is 1.11 bits per heavy atom. The number of aryl methyl sites for hydroxylation is 1. The third-order valence-electron chi connectivity index (χ3n) is 4.45. The zero-order chi connectivity index (χ0) is 19.7. The van der Waals surface area contributed by atoms with Crippen molar-refractivity contribution in [1.82, 2.24) is 20.6 Å². The van der Waals surface area contributed by atoms with Crippen LogP contribution in [0.15, 0.2) is 18.2 Å². The molecule has 3 amide bonds. The highest BCUT2D eigenvalue weighted by atomic mass is 16.5. The smallest absolute Gasteiger partial charge is 0.258 e. The van der Waals surface area contributed by atoms with Gasteiger partial charge in [0.05, 0.1) is 47.1 Å². The number of hydrogen-bond acceptors (Lipinski definition) is 5. The number of nitrogens with one attached hydrogen (secondary N) is 4. The molecule has 0 aromatic carbocycles. The SMILES string of the molecule is Cc1cc2c([nH]1)/C=C1\C(=O)Nc3ccc(nc31)CNC(=O)COCCNC2=O. The molecule has 28 heavy (non-hydrogen) atoms. The van der Waals surface area contributed by atoms with E-state index in [0.717, 1.165) is 5.69 Å². The molecule has 0 radical (unpaired) electrons. The number of rotatable bonds is 0. The number of H-pyrrole nitrogens is 1. The van der Waals surface area contributed by atoms with Crippen molar-refractivity contribution in [2.75, 3.05) is 25.1 Å². The second-order valence-electron chi connectivity index (χ2n) is 6.58. The van der Waals surface area contributed by atoms with E-state index in [1.165, 1.54) is 0 Å². The number of carbonyl (C=O) groups excluding carboxylic acids is 3. The van der Waals surface area contributed by atoms with E-state index in [-0.39, 0.29) is 44.0 Å². The van der Waals surface area contributed by atoms with Gasteiger partial charge >= 0.3 is 0 Å². The van der Waals surface area contributed by atoms with Crippen LogP contribution in [0.4, 0.5) is 5.69 Å². The predicted octanol–water partition coefficient (Wildman–Crippen LogP) is 0.587. The molecule has 2 aliphatic heterocycles. The van der Waals surface area contributed by atoms with E-state index in [0.29, 0.717) is 33.9 Å². The van der Waals surface area contributed by atoms with E-state index in [9.17, 15) is 14.4 Å². The van der Waals surface area contributed by atoms with E-state index in [1.54, 1.807) is 24.3 Å². The van der Waals surface area contributed by atoms with Gasteiger partial charge in [-0.2, -0.15) is 0 Å². The minimum absolute atomic E-state index is 0.111. The van der Waals surface area contributed by atoms with Crippen LogP contribution in [0.25, 0.3) is 11.6 Å². The van der Waals surface area contributed by atoms with Crippen LogP contribution >= 0.6 is 0 Å². The number of hydrogen-bond donors (Lipinski definition) is 4. The molecule has 0 aliphatic carbocycles. The number of amides is 3. The van der Waals surface area contributed by atoms with Gasteiger partial charge in [0.1, 0.15) is 6.61 Å². The minimum atomic E-state index is -0.295. The molecule has 144 valence electrons. The topological polar surface area (TPSA) is 125 Å². The second-order valence-corrected chi connectivity index (χ2v) is 6.58. The van der Waals surface area contributed by atoms with Crippen molar-refractivity contribution in [1.29, 1.82) is 0 Å². The Labute approximate surface area is 160 Å². The van der Waals surface area contributed by atoms with Crippen molar-refractivity contribution < 1.29 is 19.1 Å². The molecule has 2 aliphatic rings. The summed E-state index contributed by atoms with van der Waals surface area (Å²) < 4.78 is 5.28. The molecule has 2 aromatic heterocycles. The Hall–Kier alpha value is -3.46. The molecular weight excluding hydrogens is 362 g/mol. The molecule has 9 nitrogen and oxygen atoms in total. The van der Waals surface area contributed by atoms with Gasteiger partial charge in [-0.1, -0.05) is 0 Å². The Balaban J connectivity index is 1.78. The number of carbonyl (C=O) groups is 3. The van der Waals surface area contributed by atoms with Crippen LogP contribution in [0.1, 0.15) is 33.1 Å². The Morgan fingerprint density at radius 2 is 1.96 bits per heavy atom. The van der Waals surface area contributed by atoms with Gasteiger partial charge < -0.3 is 25.7 Å². The Morgan fingerprint density at radius 3 is 2.82 bits per heavy atom. The van der Waals surface area contributed by atoms with Gasteiger partial charge in [-0.3, -0.25) is 14.4 Å². The van der Waals surface area contributed by atoms with Gasteiger partial charge in [-0.05, 0) is 31.2 Å². The van der Waals surface area contributed by atoms with E-state index in [4.69, 9.17) is 4.74 Å². The molecule has 4 heterocycles. The molecule has 0 saturated heterocycles. The molecule has 2 bridgehead atoms. The maximum absolute atomic E-state index is 12.5. The lowest BCUT2D eigenvalue weighted by atomic mass is 10.1. The second kappa shape index (κ2) is 7.28. The fourth-order valence-corrected chi connectivity index (χ4v) is 3.13. The Bertz CT molecular complexity index is 1010. The highest BCUT2D eigenvalue weighted by Gasteiger charge is 2.27. The summed E-state index contributed by atoms with van der Waals surface area (Å²) >= 11 is 0. The van der Waals surface area contributed by atoms with Gasteiger partial charge in [-0.15, -0.1) is 0 Å². The lowest BCUT2D eigenvalue weighted by Gasteiger charge is -2.09. The molecule has 0 unspecified atom stereocenters. The first-order chi connectivity index (χ1) is 13.5. The summed E-state index contributed by atoms with van der Waals surface area (Å²) in [5.74, 6) is -0.872. The highest BCUT2D eigenvalue weighted by molar-refractivity contribution is 6.34. The van der Waals surface area contributed by atoms with Gasteiger partial charge in [0, 0.05) is 12.2 Å². The van der Waals surface area contributed by atoms with Crippen molar-refractivity contribution in [3.63, 3.8) is 0 Å². The molecule has 0 saturated carbocycles. The summed E-state index contributed by atoms with van der Waals surface area (Å²) in [4.78, 5) is 44.5. The number of nitrogens with zero attached hydrogens (tertiary/aromatic N) is 1. The quantitative estimate of drug-likeness (QED) is 0.531. The van der Waals surface area contributed by atoms with Crippen LogP contribution in [-0.2, 0) is 20.9 Å². The fourth-order valence-electron chi connectivity index (χ4n) is 3.13. The zero-order valence-electron chi connectivity index (χ0n) is 15.2. The molecule has 4 N–H and O–H groups in total. The monoisotopic (exact) mass is 381 g/mol. The van der Waals surface area contributed by atoms with Gasteiger partial charge in [0.15, 0.2) is 0 Å². The van der Waals surface area contributed by atoms with E-state index in [2.05, 4.69) is 25.9 Å². The summed E-state index contributed by atoms with van der Waals surface area (Å²) in [7, 11) is 0. The average Bonchev–Trinajstić information content (AvgIpc) is 3.18. The van der Waals surface area contributed by atoms with Gasteiger partial charge in [0.2, 0.25) is 5.91 Å². The van der Waals surface area contributed by atoms with Crippen molar-refractivity contribution >= 4 is 35.1 Å². The highest BCUT2D eigenvalue weighted by Crippen LogP contribution is 2.32. The zero-order valence-corrected chi connectivity index (χ0v) is 15.2. The maximum atomic E-state index is 12.5. The summed E-state index contributed by atoms with van der Waals surface area (Å²) in [5.41, 5.74) is 3.79. The third kappa shape index (κ3) is 3.52. The molecule has 2 aromatic rings. The van der Waals surface area contributed by atoms with Crippen LogP contribution in [-0.4, -0.2) is 47.4 Å². The average molecular weight is 381 g/mol. The van der Waals surface area contributed by atoms with Gasteiger partial charge in [-0.25, -0.2) is 4.98 Å². The number of fused-ring (bicyclic) bond motifs is 2. The van der Waals surface area contributed by atoms with Crippen molar-refractivity contribution in [2.24, 2.45) is 0 Å². The summed E-state index contributed by atoms with van der Waals surface area (Å²) in [6, 6.07) is 5.20. The fraction of sp³-hybridized carbons (Fsp3) is 0.263. The third-order valence-corrected chi connectivity index (χ3v) is 4.45. The molecular formula is C19H19N5O4. The standard InChI is InChI=1S/C19H19N5O4/c1-10-6-12-15(22-10)7-13-17-14(24-19(13)27)3-2-11(23-17)8-21-16(25)9-28-5-4-20-18(12)26/h2-3,6-7,22H,4-5,8-9H2,1H3,(H,20,26)(H,21,25)(H,24,27)/b13-7-. The Kier molecular flexibility index (Phi) is 4.66. The van der Waals surface area contributed by atoms with E-state index < -0.39 is 0 Å². The first-order valence-corrected chi connectivity index (χ1v) is 8.87. The van der Waals surface area contributed by atoms with Crippen LogP contribution in [0.3, 0.4) is 0 Å². The maximum Gasteiger partial charge on any atom is 0.258 e. The van der Waals surface area contributed by atoms with E-state index >= 15 is 0 Å². The van der Waals surface area contributed by atoms with Crippen molar-refractivity contribution in [2.45, 2.75) is 13.5 Å². The number of anilines is 1. The normalized spacial score (nSPS) is 19.2. The summed E-state index contributed by atoms with van der Waals surface area (Å²) in [5, 5.41) is 8.24. The van der Waals surface area contributed by atoms with Crippen LogP contribution in [0.5, 0.6) is 0 Å². The van der Waals surface area contributed by atoms with Gasteiger partial charge in [0.25, 0.3) is 11.8 Å². The lowest BCUT2D eigenvalue weighted by molar-refractivity contribution is -0.125. The van der Waals surface area contributed by atoms with Crippen LogP contribution in [0, 0.1) is 6.92 Å². The predicted molar refractivity (Wildman–Crippen MR) is 101 cm³/mol. The first kappa shape index (κ1) is 17.9. The molecule has 4 rings (SSSR count). The largest absolute Gasteiger partial charge is 0.370 e. The van der Waals surface area contributed by atoms with Crippen molar-refractivity contribution in [3.05, 3.63) is 46.5 Å². The molecule has 0 fully saturated rings. The molecule has 0 atom stereocenters. The first-order valence-electron chi connectivity index (χ1n) is 8.87. The minimum Gasteiger partial charge on any atom is -0.370 e. The number of ether oxygens (including phenoxy) is 1. The van der Waals surface area contributed by atoms with Crippen LogP contribution in [0.2, 0.25) is 0 Å². The van der Waals surface area contributed by atoms with Crippen LogP contribution < -0.4 is 16.0 Å². The lowest BCUT2D eigenvalue weighted by Crippen LogP contribution is -2.31. The van der Waals surface area contributed by atoms with Crippen molar-refractivity contribution in [3.8, 4) is 0 Å². The number of pyridine rings is 1.